The summed E-state index contributed by atoms with van der Waals surface area (Å²) in [7, 11) is -4.10. The Balaban J connectivity index is -0.0000000206. The minimum atomic E-state index is -6.09. The molecule has 1 aliphatic rings. The summed E-state index contributed by atoms with van der Waals surface area (Å²) in [4.78, 5) is 4.25. The van der Waals surface area contributed by atoms with Crippen molar-refractivity contribution in [1.29, 1.82) is 0 Å². The second-order valence-electron chi connectivity index (χ2n) is 6.60. The molecule has 0 saturated heterocycles. The number of aryl methyl sites for hydroxylation is 1. The number of hydrogen-bond donors (Lipinski definition) is 0. The van der Waals surface area contributed by atoms with E-state index in [1.54, 1.807) is 6.92 Å². The predicted molar refractivity (Wildman–Crippen MR) is 124 cm³/mol. The molecular weight excluding hydrogens is 786 g/mol. The van der Waals surface area contributed by atoms with Crippen LogP contribution in [0.5, 0.6) is 0 Å². The van der Waals surface area contributed by atoms with Gasteiger partial charge in [0, 0.05) is 245 Å². The third-order valence-electron chi connectivity index (χ3n) is 3.01. The van der Waals surface area contributed by atoms with Crippen LogP contribution in [-0.2, 0) is 42.1 Å². The maximum absolute atomic E-state index is 10.7. The van der Waals surface area contributed by atoms with Crippen LogP contribution in [0.4, 0.5) is 13.2 Å². The van der Waals surface area contributed by atoms with E-state index in [2.05, 4.69) is 32.0 Å². The Morgan fingerprint density at radius 2 is 1.17 bits per heavy atom. The topological polar surface area (TPSA) is 97.3 Å². The minimum Gasteiger partial charge on any atom is -0.814 e. The van der Waals surface area contributed by atoms with Crippen LogP contribution in [0.3, 0.4) is 0 Å². The molecule has 0 amide bonds. The maximum Gasteiger partial charge on any atom is 3.00 e. The molecule has 1 fully saturated rings. The maximum atomic E-state index is 10.7. The zero-order chi connectivity index (χ0) is 21.0. The summed E-state index contributed by atoms with van der Waals surface area (Å²) in [5.74, 6) is 0. The molecule has 0 aliphatic heterocycles. The number of rotatable bonds is 0. The van der Waals surface area contributed by atoms with Gasteiger partial charge in [0.15, 0.2) is 10.1 Å². The molecule has 19 heteroatoms. The molecule has 1 heterocycles. The van der Waals surface area contributed by atoms with Crippen LogP contribution in [0.2, 0.25) is 0 Å². The average molecular weight is 823 g/mol. The largest absolute Gasteiger partial charge is 3.00 e. The molecule has 0 aromatic carbocycles. The zero-order valence-electron chi connectivity index (χ0n) is 20.8. The summed E-state index contributed by atoms with van der Waals surface area (Å²) in [5.41, 5.74) is -4.32. The van der Waals surface area contributed by atoms with Crippen molar-refractivity contribution in [2.45, 2.75) is 70.7 Å². The molecule has 6 nitrogen and oxygen atoms in total. The van der Waals surface area contributed by atoms with Crippen molar-refractivity contribution in [3.8, 4) is 0 Å². The second-order valence-corrected chi connectivity index (χ2v) is 7.97. The van der Waals surface area contributed by atoms with Gasteiger partial charge in [-0.2, -0.15) is 33.0 Å². The van der Waals surface area contributed by atoms with Gasteiger partial charge in [0.05, 0.1) is 12.0 Å². The summed E-state index contributed by atoms with van der Waals surface area (Å²) in [6.07, 6.45) is 12.4. The van der Waals surface area contributed by atoms with Gasteiger partial charge in [-0.3, -0.25) is 0 Å². The number of alkyl halides is 3. The van der Waals surface area contributed by atoms with E-state index in [1.807, 2.05) is 17.9 Å². The second kappa shape index (κ2) is 44.7. The van der Waals surface area contributed by atoms with Crippen molar-refractivity contribution in [2.24, 2.45) is 7.05 Å². The van der Waals surface area contributed by atoms with Gasteiger partial charge in [-0.1, -0.05) is 59.8 Å². The van der Waals surface area contributed by atoms with Crippen LogP contribution in [0, 0.1) is 234 Å². The number of hydrogen-bond acceptors (Lipinski definition) is 4. The van der Waals surface area contributed by atoms with Gasteiger partial charge >= 0.3 is 25.0 Å². The molecule has 2 atom stereocenters. The number of aromatic nitrogens is 2. The molecule has 1 saturated carbocycles. The number of imidazole rings is 1. The van der Waals surface area contributed by atoms with Crippen molar-refractivity contribution in [2.75, 3.05) is 0 Å². The van der Waals surface area contributed by atoms with Gasteiger partial charge in [-0.25, -0.2) is 19.6 Å². The Kier molecular flexibility index (Phi) is 98.5. The molecule has 1 aliphatic carbocycles. The third-order valence-corrected chi connectivity index (χ3v) is 3.57. The van der Waals surface area contributed by atoms with Crippen LogP contribution >= 0.6 is 19.8 Å². The Bertz CT molecular complexity index is 636. The van der Waals surface area contributed by atoms with E-state index in [1.165, 1.54) is 32.1 Å². The molecule has 2 unspecified atom stereocenters. The Morgan fingerprint density at radius 3 is 1.25 bits per heavy atom. The van der Waals surface area contributed by atoms with Crippen molar-refractivity contribution in [3.05, 3.63) is 31.1 Å². The molecule has 36 heavy (non-hydrogen) atoms. The summed E-state index contributed by atoms with van der Waals surface area (Å²) >= 11 is 0. The van der Waals surface area contributed by atoms with E-state index in [-0.39, 0.29) is 279 Å². The molecule has 2 rings (SSSR count). The Labute approximate surface area is 416 Å². The fourth-order valence-corrected chi connectivity index (χ4v) is 1.68. The number of halogens is 3. The fourth-order valence-electron chi connectivity index (χ4n) is 1.68. The molecular formula is C17H37Ar6F3N3O3P2RuS. The van der Waals surface area contributed by atoms with E-state index in [9.17, 15) is 13.2 Å². The summed E-state index contributed by atoms with van der Waals surface area (Å²) in [6.45, 7) is 8.04. The zero-order valence-corrected chi connectivity index (χ0v) is 30.4. The van der Waals surface area contributed by atoms with Crippen molar-refractivity contribution >= 4 is 36.1 Å². The normalized spacial score (nSPS) is 10.1. The van der Waals surface area contributed by atoms with Crippen LogP contribution in [0.15, 0.2) is 12.5 Å². The molecule has 231 valence electrons. The first-order valence-corrected chi connectivity index (χ1v) is 9.50. The van der Waals surface area contributed by atoms with Gasteiger partial charge in [-0.15, -0.1) is 0 Å². The van der Waals surface area contributed by atoms with Crippen LogP contribution in [0.25, 0.3) is 5.41 Å². The van der Waals surface area contributed by atoms with Gasteiger partial charge in [0.25, 0.3) is 0 Å². The summed E-state index contributed by atoms with van der Waals surface area (Å²) in [5, 5.41) is 7.44. The third kappa shape index (κ3) is 51.2. The van der Waals surface area contributed by atoms with E-state index in [0.29, 0.717) is 0 Å². The number of nitrogens with zero attached hydrogens (tertiary/aromatic N) is 3. The smallest absolute Gasteiger partial charge is 0.814 e. The molecule has 0 spiro atoms. The van der Waals surface area contributed by atoms with E-state index >= 15 is 0 Å². The summed E-state index contributed by atoms with van der Waals surface area (Å²) in [6, 6.07) is 0. The molecule has 0 N–H and O–H groups in total. The Morgan fingerprint density at radius 1 is 0.944 bits per heavy atom. The van der Waals surface area contributed by atoms with Crippen molar-refractivity contribution < 1.29 is 272 Å². The molecule has 1 aromatic rings. The first-order chi connectivity index (χ1) is 11.7. The summed E-state index contributed by atoms with van der Waals surface area (Å²) < 4.78 is 60.9. The van der Waals surface area contributed by atoms with Crippen LogP contribution in [-0.4, -0.2) is 34.2 Å². The van der Waals surface area contributed by atoms with Crippen molar-refractivity contribution in [3.63, 3.8) is 0 Å². The van der Waals surface area contributed by atoms with Gasteiger partial charge in [0.2, 0.25) is 0 Å². The SMILES string of the molecule is C1CCCC1.CC=[N-].Cn1cnc(C(C)(C)C)c1.O=S(=O)([O-])C(F)(F)F.P.P.[Ar].[Ar].[Ar].[Ar].[Ar].[Ar].[CH3-].[Ru+3]. The fraction of sp³-hybridized carbons (Fsp3) is 0.706. The van der Waals surface area contributed by atoms with Gasteiger partial charge in [0.1, 0.15) is 0 Å². The van der Waals surface area contributed by atoms with Crippen molar-refractivity contribution in [1.82, 2.24) is 9.55 Å². The van der Waals surface area contributed by atoms with E-state index in [4.69, 9.17) is 18.4 Å². The predicted octanol–water partition coefficient (Wildman–Crippen LogP) is 4.93. The Hall–Kier alpha value is 7.62. The first-order valence-electron chi connectivity index (χ1n) is 8.09. The minimum absolute atomic E-state index is 0. The average Bonchev–Trinajstić information content (AvgIpc) is 3.10. The molecule has 0 bridgehead atoms. The first kappa shape index (κ1) is 79.2. The van der Waals surface area contributed by atoms with Crippen LogP contribution < -0.4 is 0 Å². The monoisotopic (exact) mass is 824 g/mol. The standard InChI is InChI=1S/C8H14N2.C5H10.C2H4N.CHF3O3S.CH3.6Ar.2H3P.Ru/c1-8(2,3)7-5-10(4)6-9-7;1-2-4-5-3-1;1-2-3;2-1(3,4)8(5,6)7;;;;;;;;;;/h5-6H,1-4H3;1-5H2;2H,1H3;(H,5,6,7);1H3;;;;;;;2*1H3;/q;;-1;;-1;;;;;;;;;+3/p-1. The van der Waals surface area contributed by atoms with Crippen LogP contribution in [0.1, 0.15) is 65.5 Å². The quantitative estimate of drug-likeness (QED) is 0.0927. The molecule has 1 aromatic heterocycles. The molecule has 1 radical (unpaired) electrons. The van der Waals surface area contributed by atoms with E-state index < -0.39 is 15.6 Å². The van der Waals surface area contributed by atoms with E-state index in [0.717, 1.165) is 11.9 Å². The van der Waals surface area contributed by atoms with Gasteiger partial charge in [-0.05, 0) is 0 Å². The van der Waals surface area contributed by atoms with Gasteiger partial charge < -0.3 is 22.0 Å².